The molecule has 5 heteroatoms. The number of hydrogen-bond donors (Lipinski definition) is 2. The number of nitrogens with one attached hydrogen (secondary N) is 1. The highest BCUT2D eigenvalue weighted by Gasteiger charge is 2.05. The van der Waals surface area contributed by atoms with Gasteiger partial charge in [0, 0.05) is 12.7 Å². The van der Waals surface area contributed by atoms with Crippen molar-refractivity contribution in [2.45, 2.75) is 6.42 Å². The van der Waals surface area contributed by atoms with E-state index in [0.29, 0.717) is 24.3 Å². The zero-order valence-electron chi connectivity index (χ0n) is 10.3. The average Bonchev–Trinajstić information content (AvgIpc) is 2.39. The largest absolute Gasteiger partial charge is 0.384 e. The number of benzene rings is 1. The van der Waals surface area contributed by atoms with Crippen LogP contribution in [0, 0.1) is 5.82 Å². The Hall–Kier alpha value is -2.43. The molecule has 4 nitrogen and oxygen atoms in total. The van der Waals surface area contributed by atoms with Gasteiger partial charge < -0.3 is 11.1 Å². The summed E-state index contributed by atoms with van der Waals surface area (Å²) in [6.07, 6.45) is 2.00. The molecular weight excluding hydrogens is 245 g/mol. The summed E-state index contributed by atoms with van der Waals surface area (Å²) in [7, 11) is 0. The summed E-state index contributed by atoms with van der Waals surface area (Å²) < 4.78 is 12.9. The maximum atomic E-state index is 12.9. The first-order valence-corrected chi connectivity index (χ1v) is 5.89. The second-order valence-electron chi connectivity index (χ2n) is 4.11. The first-order chi connectivity index (χ1) is 9.15. The Labute approximate surface area is 110 Å². The molecule has 0 aliphatic heterocycles. The van der Waals surface area contributed by atoms with Gasteiger partial charge >= 0.3 is 0 Å². The van der Waals surface area contributed by atoms with Crippen LogP contribution in [0.3, 0.4) is 0 Å². The number of halogens is 1. The topological polar surface area (TPSA) is 68.0 Å². The lowest BCUT2D eigenvalue weighted by Crippen LogP contribution is -2.25. The summed E-state index contributed by atoms with van der Waals surface area (Å²) in [5.74, 6) is -0.119. The number of hydrogen-bond acceptors (Lipinski definition) is 3. The molecular formula is C14H14FN3O. The van der Waals surface area contributed by atoms with E-state index in [2.05, 4.69) is 10.3 Å². The van der Waals surface area contributed by atoms with Crippen LogP contribution in [0.5, 0.6) is 0 Å². The van der Waals surface area contributed by atoms with Crippen LogP contribution >= 0.6 is 0 Å². The molecule has 1 amide bonds. The first kappa shape index (κ1) is 13.0. The van der Waals surface area contributed by atoms with Crippen molar-refractivity contribution in [2.24, 2.45) is 0 Å². The molecule has 19 heavy (non-hydrogen) atoms. The maximum absolute atomic E-state index is 12.9. The van der Waals surface area contributed by atoms with Crippen molar-refractivity contribution in [3.8, 4) is 0 Å². The fourth-order valence-electron chi connectivity index (χ4n) is 1.65. The number of nitrogen functional groups attached to an aromatic ring is 1. The van der Waals surface area contributed by atoms with Crippen molar-refractivity contribution in [1.29, 1.82) is 0 Å². The van der Waals surface area contributed by atoms with Crippen LogP contribution in [0.25, 0.3) is 0 Å². The number of rotatable bonds is 4. The number of amides is 1. The minimum Gasteiger partial charge on any atom is -0.384 e. The number of nitrogens with two attached hydrogens (primary N) is 1. The molecule has 98 valence electrons. The van der Waals surface area contributed by atoms with Crippen LogP contribution in [-0.2, 0) is 6.42 Å². The summed E-state index contributed by atoms with van der Waals surface area (Å²) in [5.41, 5.74) is 6.73. The predicted octanol–water partition coefficient (Wildman–Crippen LogP) is 1.78. The average molecular weight is 259 g/mol. The zero-order chi connectivity index (χ0) is 13.7. The van der Waals surface area contributed by atoms with E-state index in [9.17, 15) is 9.18 Å². The number of anilines is 1. The molecule has 3 N–H and O–H groups in total. The van der Waals surface area contributed by atoms with Crippen molar-refractivity contribution in [2.75, 3.05) is 12.3 Å². The molecule has 0 aliphatic rings. The van der Waals surface area contributed by atoms with Crippen molar-refractivity contribution >= 4 is 11.7 Å². The Kier molecular flexibility index (Phi) is 4.07. The molecule has 0 aliphatic carbocycles. The third-order valence-corrected chi connectivity index (χ3v) is 2.64. The second kappa shape index (κ2) is 5.95. The lowest BCUT2D eigenvalue weighted by Gasteiger charge is -2.05. The number of aromatic nitrogens is 1. The van der Waals surface area contributed by atoms with Crippen LogP contribution in [0.1, 0.15) is 15.9 Å². The molecule has 0 unspecified atom stereocenters. The van der Waals surface area contributed by atoms with Crippen LogP contribution < -0.4 is 11.1 Å². The van der Waals surface area contributed by atoms with E-state index in [1.165, 1.54) is 18.3 Å². The van der Waals surface area contributed by atoms with E-state index in [1.54, 1.807) is 18.2 Å². The highest BCUT2D eigenvalue weighted by atomic mass is 19.1. The van der Waals surface area contributed by atoms with Gasteiger partial charge in [-0.25, -0.2) is 9.37 Å². The van der Waals surface area contributed by atoms with E-state index in [1.807, 2.05) is 6.07 Å². The van der Waals surface area contributed by atoms with Crippen LogP contribution in [0.4, 0.5) is 10.2 Å². The summed E-state index contributed by atoms with van der Waals surface area (Å²) >= 11 is 0. The van der Waals surface area contributed by atoms with Gasteiger partial charge in [0.15, 0.2) is 0 Å². The van der Waals surface area contributed by atoms with Gasteiger partial charge in [-0.2, -0.15) is 0 Å². The van der Waals surface area contributed by atoms with Gasteiger partial charge in [0.1, 0.15) is 11.6 Å². The molecule has 0 radical (unpaired) electrons. The molecule has 0 saturated heterocycles. The Morgan fingerprint density at radius 1 is 1.32 bits per heavy atom. The lowest BCUT2D eigenvalue weighted by atomic mass is 10.1. The molecule has 0 saturated carbocycles. The number of carbonyl (C=O) groups is 1. The van der Waals surface area contributed by atoms with Gasteiger partial charge in [0.05, 0.1) is 5.56 Å². The molecule has 1 aromatic heterocycles. The predicted molar refractivity (Wildman–Crippen MR) is 71.1 cm³/mol. The third kappa shape index (κ3) is 3.77. The molecule has 1 aromatic carbocycles. The Morgan fingerprint density at radius 2 is 2.16 bits per heavy atom. The van der Waals surface area contributed by atoms with Gasteiger partial charge in [-0.1, -0.05) is 12.1 Å². The SMILES string of the molecule is Nc1ccc(C(=O)NCCc2cccc(F)c2)cn1. The van der Waals surface area contributed by atoms with Crippen LogP contribution in [-0.4, -0.2) is 17.4 Å². The van der Waals surface area contributed by atoms with Crippen molar-refractivity contribution in [3.63, 3.8) is 0 Å². The van der Waals surface area contributed by atoms with Crippen LogP contribution in [0.15, 0.2) is 42.6 Å². The summed E-state index contributed by atoms with van der Waals surface area (Å²) in [6.45, 7) is 0.437. The van der Waals surface area contributed by atoms with Gasteiger partial charge in [0.25, 0.3) is 5.91 Å². The number of carbonyl (C=O) groups excluding carboxylic acids is 1. The number of pyridine rings is 1. The Bertz CT molecular complexity index is 569. The molecule has 2 aromatic rings. The summed E-state index contributed by atoms with van der Waals surface area (Å²) in [6, 6.07) is 9.50. The highest BCUT2D eigenvalue weighted by molar-refractivity contribution is 5.93. The molecule has 0 spiro atoms. The first-order valence-electron chi connectivity index (χ1n) is 5.89. The quantitative estimate of drug-likeness (QED) is 0.879. The van der Waals surface area contributed by atoms with Gasteiger partial charge in [0.2, 0.25) is 0 Å². The minimum absolute atomic E-state index is 0.219. The lowest BCUT2D eigenvalue weighted by molar-refractivity contribution is 0.0954. The molecule has 0 bridgehead atoms. The van der Waals surface area contributed by atoms with Gasteiger partial charge in [-0.05, 0) is 36.2 Å². The number of nitrogens with zero attached hydrogens (tertiary/aromatic N) is 1. The van der Waals surface area contributed by atoms with E-state index in [-0.39, 0.29) is 11.7 Å². The smallest absolute Gasteiger partial charge is 0.252 e. The second-order valence-corrected chi connectivity index (χ2v) is 4.11. The van der Waals surface area contributed by atoms with Gasteiger partial charge in [-0.3, -0.25) is 4.79 Å². The maximum Gasteiger partial charge on any atom is 0.252 e. The zero-order valence-corrected chi connectivity index (χ0v) is 10.3. The molecule has 2 rings (SSSR count). The minimum atomic E-state index is -0.272. The van der Waals surface area contributed by atoms with Crippen LogP contribution in [0.2, 0.25) is 0 Å². The Balaban J connectivity index is 1.86. The monoisotopic (exact) mass is 259 g/mol. The fraction of sp³-hybridized carbons (Fsp3) is 0.143. The third-order valence-electron chi connectivity index (χ3n) is 2.64. The van der Waals surface area contributed by atoms with E-state index >= 15 is 0 Å². The van der Waals surface area contributed by atoms with Gasteiger partial charge in [-0.15, -0.1) is 0 Å². The highest BCUT2D eigenvalue weighted by Crippen LogP contribution is 2.04. The normalized spacial score (nSPS) is 10.2. The standard InChI is InChI=1S/C14H14FN3O/c15-12-3-1-2-10(8-12)6-7-17-14(19)11-4-5-13(16)18-9-11/h1-5,8-9H,6-7H2,(H2,16,18)(H,17,19). The molecule has 0 fully saturated rings. The van der Waals surface area contributed by atoms with E-state index in [4.69, 9.17) is 5.73 Å². The van der Waals surface area contributed by atoms with E-state index in [0.717, 1.165) is 5.56 Å². The van der Waals surface area contributed by atoms with Crippen molar-refractivity contribution in [3.05, 3.63) is 59.5 Å². The van der Waals surface area contributed by atoms with E-state index < -0.39 is 0 Å². The molecule has 1 heterocycles. The van der Waals surface area contributed by atoms with Crippen molar-refractivity contribution in [1.82, 2.24) is 10.3 Å². The van der Waals surface area contributed by atoms with Crippen molar-refractivity contribution < 1.29 is 9.18 Å². The summed E-state index contributed by atoms with van der Waals surface area (Å²) in [4.78, 5) is 15.6. The summed E-state index contributed by atoms with van der Waals surface area (Å²) in [5, 5.41) is 2.74. The fourth-order valence-corrected chi connectivity index (χ4v) is 1.65. The Morgan fingerprint density at radius 3 is 2.84 bits per heavy atom. The molecule has 0 atom stereocenters.